The Labute approximate surface area is 81.7 Å². The topological polar surface area (TPSA) is 22.1 Å². The molecule has 0 spiro atoms. The van der Waals surface area contributed by atoms with Crippen LogP contribution in [0.5, 0.6) is 5.75 Å². The minimum Gasteiger partial charge on any atom is -0.497 e. The van der Waals surface area contributed by atoms with Gasteiger partial charge in [0.2, 0.25) is 0 Å². The van der Waals surface area contributed by atoms with Crippen molar-refractivity contribution in [2.45, 2.75) is 12.6 Å². The van der Waals surface area contributed by atoms with Gasteiger partial charge in [0.15, 0.2) is 0 Å². The highest BCUT2D eigenvalue weighted by Gasteiger charge is 2.34. The molecule has 0 N–H and O–H groups in total. The minimum absolute atomic E-state index is 0.298. The van der Waals surface area contributed by atoms with Gasteiger partial charge in [0.25, 0.3) is 6.43 Å². The Morgan fingerprint density at radius 1 is 1.27 bits per heavy atom. The van der Waals surface area contributed by atoms with Gasteiger partial charge < -0.3 is 4.74 Å². The predicted octanol–water partition coefficient (Wildman–Crippen LogP) is 3.05. The van der Waals surface area contributed by atoms with Gasteiger partial charge in [-0.3, -0.25) is 0 Å². The van der Waals surface area contributed by atoms with Crippen LogP contribution in [-0.4, -0.2) is 12.1 Å². The van der Waals surface area contributed by atoms with Crippen molar-refractivity contribution in [3.63, 3.8) is 0 Å². The number of hydrogen-bond acceptors (Lipinski definition) is 2. The van der Waals surface area contributed by atoms with Gasteiger partial charge in [0.1, 0.15) is 17.1 Å². The fourth-order valence-corrected chi connectivity index (χ4v) is 0.901. The zero-order valence-corrected chi connectivity index (χ0v) is 7.48. The molecule has 1 heterocycles. The summed E-state index contributed by atoms with van der Waals surface area (Å²) in [4.78, 5) is 2.80. The smallest absolute Gasteiger partial charge is 0.433 e. The van der Waals surface area contributed by atoms with Crippen molar-refractivity contribution in [3.05, 3.63) is 23.5 Å². The molecule has 0 unspecified atom stereocenters. The highest BCUT2D eigenvalue weighted by Crippen LogP contribution is 2.32. The first kappa shape index (κ1) is 11.7. The largest absolute Gasteiger partial charge is 0.497 e. The molecule has 0 aliphatic rings. The maximum absolute atomic E-state index is 12.2. The zero-order valence-electron chi connectivity index (χ0n) is 7.48. The highest BCUT2D eigenvalue weighted by molar-refractivity contribution is 5.29. The second-order valence-electron chi connectivity index (χ2n) is 2.62. The molecule has 1 aromatic rings. The van der Waals surface area contributed by atoms with Crippen LogP contribution in [0.3, 0.4) is 0 Å². The molecule has 2 nitrogen and oxygen atoms in total. The van der Waals surface area contributed by atoms with Crippen LogP contribution in [-0.2, 0) is 6.18 Å². The molecule has 15 heavy (non-hydrogen) atoms. The van der Waals surface area contributed by atoms with Crippen LogP contribution in [0.4, 0.5) is 22.0 Å². The average molecular weight is 227 g/mol. The Morgan fingerprint density at radius 3 is 2.27 bits per heavy atom. The Bertz CT molecular complexity index is 349. The van der Waals surface area contributed by atoms with Crippen molar-refractivity contribution in [2.24, 2.45) is 0 Å². The van der Waals surface area contributed by atoms with Crippen molar-refractivity contribution in [2.75, 3.05) is 7.11 Å². The minimum atomic E-state index is -4.77. The Kier molecular flexibility index (Phi) is 3.11. The van der Waals surface area contributed by atoms with Crippen LogP contribution in [0.15, 0.2) is 12.1 Å². The van der Waals surface area contributed by atoms with Gasteiger partial charge in [-0.05, 0) is 0 Å². The number of hydrogen-bond donors (Lipinski definition) is 0. The van der Waals surface area contributed by atoms with E-state index in [1.165, 1.54) is 0 Å². The molecule has 0 aromatic carbocycles. The lowest BCUT2D eigenvalue weighted by molar-refractivity contribution is -0.141. The quantitative estimate of drug-likeness (QED) is 0.724. The molecule has 0 aliphatic carbocycles. The Morgan fingerprint density at radius 2 is 1.87 bits per heavy atom. The van der Waals surface area contributed by atoms with Crippen LogP contribution < -0.4 is 4.74 Å². The summed E-state index contributed by atoms with van der Waals surface area (Å²) in [5.74, 6) is -0.298. The fraction of sp³-hybridized carbons (Fsp3) is 0.375. The standard InChI is InChI=1S/C8H6F5NO/c1-15-4-2-5(7(9)10)14-6(3-4)8(11,12)13/h2-3,7H,1H3. The third-order valence-corrected chi connectivity index (χ3v) is 1.57. The number of nitrogens with zero attached hydrogens (tertiary/aromatic N) is 1. The summed E-state index contributed by atoms with van der Waals surface area (Å²) in [5.41, 5.74) is -2.35. The number of rotatable bonds is 2. The van der Waals surface area contributed by atoms with E-state index in [-0.39, 0.29) is 5.75 Å². The summed E-state index contributed by atoms with van der Waals surface area (Å²) < 4.78 is 65.4. The second kappa shape index (κ2) is 4.00. The summed E-state index contributed by atoms with van der Waals surface area (Å²) in [7, 11) is 1.09. The predicted molar refractivity (Wildman–Crippen MR) is 40.7 cm³/mol. The summed E-state index contributed by atoms with van der Waals surface area (Å²) >= 11 is 0. The van der Waals surface area contributed by atoms with E-state index in [2.05, 4.69) is 9.72 Å². The SMILES string of the molecule is COc1cc(C(F)F)nc(C(F)(F)F)c1. The van der Waals surface area contributed by atoms with Gasteiger partial charge in [0, 0.05) is 12.1 Å². The van der Waals surface area contributed by atoms with Crippen molar-refractivity contribution < 1.29 is 26.7 Å². The molecule has 0 radical (unpaired) electrons. The van der Waals surface area contributed by atoms with E-state index >= 15 is 0 Å². The maximum Gasteiger partial charge on any atom is 0.433 e. The average Bonchev–Trinajstić information content (AvgIpc) is 2.15. The molecule has 0 atom stereocenters. The number of methoxy groups -OCH3 is 1. The summed E-state index contributed by atoms with van der Waals surface area (Å²) in [6.45, 7) is 0. The van der Waals surface area contributed by atoms with Crippen molar-refractivity contribution in [1.82, 2.24) is 4.98 Å². The molecule has 84 valence electrons. The van der Waals surface area contributed by atoms with E-state index < -0.39 is 24.0 Å². The Balaban J connectivity index is 3.23. The number of halogens is 5. The molecular formula is C8H6F5NO. The normalized spacial score (nSPS) is 11.9. The molecule has 0 bridgehead atoms. The lowest BCUT2D eigenvalue weighted by Gasteiger charge is -2.09. The van der Waals surface area contributed by atoms with E-state index in [4.69, 9.17) is 0 Å². The van der Waals surface area contributed by atoms with E-state index in [0.717, 1.165) is 13.2 Å². The lowest BCUT2D eigenvalue weighted by Crippen LogP contribution is -2.10. The lowest BCUT2D eigenvalue weighted by atomic mass is 10.2. The van der Waals surface area contributed by atoms with Crippen LogP contribution in [0, 0.1) is 0 Å². The van der Waals surface area contributed by atoms with Crippen LogP contribution in [0.25, 0.3) is 0 Å². The molecule has 0 amide bonds. The van der Waals surface area contributed by atoms with Gasteiger partial charge in [-0.1, -0.05) is 0 Å². The zero-order chi connectivity index (χ0) is 11.6. The van der Waals surface area contributed by atoms with E-state index in [9.17, 15) is 22.0 Å². The van der Waals surface area contributed by atoms with E-state index in [0.29, 0.717) is 6.07 Å². The summed E-state index contributed by atoms with van der Waals surface area (Å²) in [5, 5.41) is 0. The number of aromatic nitrogens is 1. The van der Waals surface area contributed by atoms with Crippen LogP contribution >= 0.6 is 0 Å². The van der Waals surface area contributed by atoms with Gasteiger partial charge in [-0.25, -0.2) is 13.8 Å². The first-order valence-electron chi connectivity index (χ1n) is 3.76. The number of ether oxygens (including phenoxy) is 1. The van der Waals surface area contributed by atoms with Gasteiger partial charge in [0.05, 0.1) is 7.11 Å². The van der Waals surface area contributed by atoms with Gasteiger partial charge in [-0.2, -0.15) is 13.2 Å². The van der Waals surface area contributed by atoms with Crippen molar-refractivity contribution in [1.29, 1.82) is 0 Å². The highest BCUT2D eigenvalue weighted by atomic mass is 19.4. The molecular weight excluding hydrogens is 221 g/mol. The van der Waals surface area contributed by atoms with Crippen molar-refractivity contribution >= 4 is 0 Å². The molecule has 0 saturated carbocycles. The van der Waals surface area contributed by atoms with Gasteiger partial charge >= 0.3 is 6.18 Å². The second-order valence-corrected chi connectivity index (χ2v) is 2.62. The van der Waals surface area contributed by atoms with E-state index in [1.807, 2.05) is 0 Å². The summed E-state index contributed by atoms with van der Waals surface area (Å²) in [6, 6.07) is 1.33. The molecule has 1 rings (SSSR count). The third kappa shape index (κ3) is 2.77. The Hall–Kier alpha value is -1.40. The molecule has 7 heteroatoms. The van der Waals surface area contributed by atoms with Crippen LogP contribution in [0.1, 0.15) is 17.8 Å². The van der Waals surface area contributed by atoms with E-state index in [1.54, 1.807) is 0 Å². The number of pyridine rings is 1. The first-order chi connectivity index (χ1) is 6.84. The van der Waals surface area contributed by atoms with Crippen LogP contribution in [0.2, 0.25) is 0 Å². The van der Waals surface area contributed by atoms with Gasteiger partial charge in [-0.15, -0.1) is 0 Å². The van der Waals surface area contributed by atoms with Crippen molar-refractivity contribution in [3.8, 4) is 5.75 Å². The first-order valence-corrected chi connectivity index (χ1v) is 3.76. The molecule has 0 fully saturated rings. The molecule has 0 aliphatic heterocycles. The third-order valence-electron chi connectivity index (χ3n) is 1.57. The summed E-state index contributed by atoms with van der Waals surface area (Å²) in [6.07, 6.45) is -7.83. The molecule has 1 aromatic heterocycles. The molecule has 0 saturated heterocycles. The maximum atomic E-state index is 12.2. The monoisotopic (exact) mass is 227 g/mol. The number of alkyl halides is 5. The fourth-order valence-electron chi connectivity index (χ4n) is 0.901.